The standard InChI is InChI=1S/C16H19Cl/c1-12(15-6-4-3-5-7-15)10-14-8-9-16(17)13(2)11-14/h4,6-9,11-12H,3,5,10H2,1-2H3/t12-/m1/s1. The zero-order valence-corrected chi connectivity index (χ0v) is 11.3. The minimum atomic E-state index is 0.590. The van der Waals surface area contributed by atoms with E-state index in [0.29, 0.717) is 5.92 Å². The zero-order chi connectivity index (χ0) is 12.3. The number of allylic oxidation sites excluding steroid dienone is 4. The topological polar surface area (TPSA) is 0 Å². The minimum absolute atomic E-state index is 0.590. The van der Waals surface area contributed by atoms with Crippen molar-refractivity contribution in [2.75, 3.05) is 0 Å². The second-order valence-electron chi connectivity index (χ2n) is 4.87. The van der Waals surface area contributed by atoms with E-state index in [9.17, 15) is 0 Å². The minimum Gasteiger partial charge on any atom is -0.0841 e. The van der Waals surface area contributed by atoms with Gasteiger partial charge in [0.1, 0.15) is 0 Å². The highest BCUT2D eigenvalue weighted by Gasteiger charge is 2.09. The summed E-state index contributed by atoms with van der Waals surface area (Å²) in [4.78, 5) is 0. The molecule has 1 aliphatic rings. The van der Waals surface area contributed by atoms with Crippen molar-refractivity contribution < 1.29 is 0 Å². The molecule has 1 atom stereocenters. The number of aryl methyl sites for hydroxylation is 1. The van der Waals surface area contributed by atoms with Crippen LogP contribution in [0.25, 0.3) is 0 Å². The van der Waals surface area contributed by atoms with Gasteiger partial charge in [-0.3, -0.25) is 0 Å². The molecule has 0 saturated carbocycles. The number of hydrogen-bond acceptors (Lipinski definition) is 0. The summed E-state index contributed by atoms with van der Waals surface area (Å²) in [7, 11) is 0. The largest absolute Gasteiger partial charge is 0.0841 e. The summed E-state index contributed by atoms with van der Waals surface area (Å²) in [6.07, 6.45) is 10.4. The Morgan fingerprint density at radius 3 is 2.76 bits per heavy atom. The summed E-state index contributed by atoms with van der Waals surface area (Å²) in [5.41, 5.74) is 4.02. The van der Waals surface area contributed by atoms with Crippen LogP contribution in [0.3, 0.4) is 0 Å². The average molecular weight is 247 g/mol. The maximum absolute atomic E-state index is 6.04. The summed E-state index contributed by atoms with van der Waals surface area (Å²) in [5.74, 6) is 0.590. The van der Waals surface area contributed by atoms with Gasteiger partial charge in [0.25, 0.3) is 0 Å². The van der Waals surface area contributed by atoms with E-state index < -0.39 is 0 Å². The van der Waals surface area contributed by atoms with E-state index in [-0.39, 0.29) is 0 Å². The molecular weight excluding hydrogens is 228 g/mol. The maximum Gasteiger partial charge on any atom is 0.0435 e. The molecule has 0 heterocycles. The van der Waals surface area contributed by atoms with Crippen molar-refractivity contribution in [2.24, 2.45) is 5.92 Å². The Balaban J connectivity index is 2.07. The first-order valence-corrected chi connectivity index (χ1v) is 6.66. The predicted octanol–water partition coefficient (Wildman–Crippen LogP) is 5.10. The fourth-order valence-corrected chi connectivity index (χ4v) is 2.42. The van der Waals surface area contributed by atoms with Gasteiger partial charge < -0.3 is 0 Å². The Bertz CT molecular complexity index is 455. The van der Waals surface area contributed by atoms with Gasteiger partial charge in [-0.2, -0.15) is 0 Å². The van der Waals surface area contributed by atoms with Crippen molar-refractivity contribution in [3.8, 4) is 0 Å². The molecule has 0 fully saturated rings. The van der Waals surface area contributed by atoms with E-state index in [1.165, 1.54) is 29.5 Å². The summed E-state index contributed by atoms with van der Waals surface area (Å²) in [5, 5.41) is 0.859. The van der Waals surface area contributed by atoms with Crippen LogP contribution in [0.1, 0.15) is 30.9 Å². The average Bonchev–Trinajstić information content (AvgIpc) is 2.35. The molecule has 0 spiro atoms. The van der Waals surface area contributed by atoms with Gasteiger partial charge in [-0.05, 0) is 54.9 Å². The molecule has 0 nitrogen and oxygen atoms in total. The van der Waals surface area contributed by atoms with Crippen LogP contribution in [0, 0.1) is 12.8 Å². The number of rotatable bonds is 3. The van der Waals surface area contributed by atoms with Crippen molar-refractivity contribution in [2.45, 2.75) is 33.1 Å². The quantitative estimate of drug-likeness (QED) is 0.696. The Kier molecular flexibility index (Phi) is 4.06. The van der Waals surface area contributed by atoms with E-state index in [0.717, 1.165) is 11.4 Å². The second kappa shape index (κ2) is 5.55. The molecule has 0 saturated heterocycles. The smallest absolute Gasteiger partial charge is 0.0435 e. The Morgan fingerprint density at radius 1 is 1.29 bits per heavy atom. The van der Waals surface area contributed by atoms with Crippen LogP contribution in [0.5, 0.6) is 0 Å². The third kappa shape index (κ3) is 3.23. The molecule has 0 aliphatic heterocycles. The molecule has 0 amide bonds. The SMILES string of the molecule is Cc1cc(C[C@@H](C)C2=CCCC=C2)ccc1Cl. The van der Waals surface area contributed by atoms with Gasteiger partial charge in [0.05, 0.1) is 0 Å². The van der Waals surface area contributed by atoms with Crippen LogP contribution in [-0.2, 0) is 6.42 Å². The number of halogens is 1. The lowest BCUT2D eigenvalue weighted by Gasteiger charge is -2.16. The summed E-state index contributed by atoms with van der Waals surface area (Å²) in [6, 6.07) is 6.34. The molecule has 17 heavy (non-hydrogen) atoms. The highest BCUT2D eigenvalue weighted by Crippen LogP contribution is 2.24. The molecule has 90 valence electrons. The molecule has 2 rings (SSSR count). The van der Waals surface area contributed by atoms with Gasteiger partial charge in [-0.25, -0.2) is 0 Å². The third-order valence-corrected chi connectivity index (χ3v) is 3.78. The van der Waals surface area contributed by atoms with Crippen molar-refractivity contribution in [1.29, 1.82) is 0 Å². The summed E-state index contributed by atoms with van der Waals surface area (Å²) < 4.78 is 0. The molecule has 1 aromatic rings. The van der Waals surface area contributed by atoms with E-state index in [2.05, 4.69) is 44.2 Å². The van der Waals surface area contributed by atoms with Gasteiger partial charge >= 0.3 is 0 Å². The lowest BCUT2D eigenvalue weighted by molar-refractivity contribution is 0.684. The Labute approximate surface area is 109 Å². The van der Waals surface area contributed by atoms with Crippen LogP contribution >= 0.6 is 11.6 Å². The van der Waals surface area contributed by atoms with Crippen LogP contribution in [0.15, 0.2) is 42.0 Å². The van der Waals surface area contributed by atoms with E-state index in [4.69, 9.17) is 11.6 Å². The fourth-order valence-electron chi connectivity index (χ4n) is 2.30. The molecule has 1 aromatic carbocycles. The van der Waals surface area contributed by atoms with Crippen LogP contribution < -0.4 is 0 Å². The number of hydrogen-bond donors (Lipinski definition) is 0. The first kappa shape index (κ1) is 12.4. The van der Waals surface area contributed by atoms with Gasteiger partial charge in [0.2, 0.25) is 0 Å². The molecule has 1 aliphatic carbocycles. The molecule has 0 N–H and O–H groups in total. The first-order valence-electron chi connectivity index (χ1n) is 6.28. The molecule has 0 unspecified atom stereocenters. The molecule has 1 heteroatoms. The monoisotopic (exact) mass is 246 g/mol. The number of benzene rings is 1. The lowest BCUT2D eigenvalue weighted by Crippen LogP contribution is -2.04. The normalized spacial score (nSPS) is 16.8. The van der Waals surface area contributed by atoms with Crippen LogP contribution in [0.2, 0.25) is 5.02 Å². The molecule has 0 aromatic heterocycles. The first-order chi connectivity index (χ1) is 8.16. The Morgan fingerprint density at radius 2 is 2.12 bits per heavy atom. The maximum atomic E-state index is 6.04. The Hall–Kier alpha value is -1.01. The van der Waals surface area contributed by atoms with Gasteiger partial charge in [0, 0.05) is 5.02 Å². The van der Waals surface area contributed by atoms with Crippen molar-refractivity contribution >= 4 is 11.6 Å². The summed E-state index contributed by atoms with van der Waals surface area (Å²) >= 11 is 6.04. The van der Waals surface area contributed by atoms with E-state index in [1.54, 1.807) is 0 Å². The fraction of sp³-hybridized carbons (Fsp3) is 0.375. The van der Waals surface area contributed by atoms with E-state index >= 15 is 0 Å². The second-order valence-corrected chi connectivity index (χ2v) is 5.28. The van der Waals surface area contributed by atoms with Crippen molar-refractivity contribution in [1.82, 2.24) is 0 Å². The van der Waals surface area contributed by atoms with Crippen molar-refractivity contribution in [3.05, 3.63) is 58.1 Å². The van der Waals surface area contributed by atoms with Gasteiger partial charge in [-0.1, -0.05) is 48.9 Å². The summed E-state index contributed by atoms with van der Waals surface area (Å²) in [6.45, 7) is 4.36. The highest BCUT2D eigenvalue weighted by atomic mass is 35.5. The highest BCUT2D eigenvalue weighted by molar-refractivity contribution is 6.31. The predicted molar refractivity (Wildman–Crippen MR) is 75.5 cm³/mol. The lowest BCUT2D eigenvalue weighted by atomic mass is 9.90. The van der Waals surface area contributed by atoms with Crippen LogP contribution in [-0.4, -0.2) is 0 Å². The zero-order valence-electron chi connectivity index (χ0n) is 10.5. The third-order valence-electron chi connectivity index (χ3n) is 3.36. The molecular formula is C16H19Cl. The van der Waals surface area contributed by atoms with Crippen molar-refractivity contribution in [3.63, 3.8) is 0 Å². The van der Waals surface area contributed by atoms with Crippen LogP contribution in [0.4, 0.5) is 0 Å². The van der Waals surface area contributed by atoms with Gasteiger partial charge in [-0.15, -0.1) is 0 Å². The van der Waals surface area contributed by atoms with Gasteiger partial charge in [0.15, 0.2) is 0 Å². The molecule has 0 bridgehead atoms. The molecule has 0 radical (unpaired) electrons. The van der Waals surface area contributed by atoms with E-state index in [1.807, 2.05) is 6.07 Å².